The Morgan fingerprint density at radius 2 is 1.91 bits per heavy atom. The number of carbonyl (C=O) groups excluding carboxylic acids is 1. The first kappa shape index (κ1) is 17.3. The molecule has 1 unspecified atom stereocenters. The Hall–Kier alpha value is -1.05. The summed E-state index contributed by atoms with van der Waals surface area (Å²) in [5.74, 6) is -1.26. The van der Waals surface area contributed by atoms with Gasteiger partial charge in [-0.25, -0.2) is 4.79 Å². The van der Waals surface area contributed by atoms with E-state index >= 15 is 0 Å². The molecule has 2 rings (SSSR count). The first-order valence-electron chi connectivity index (χ1n) is 6.98. The van der Waals surface area contributed by atoms with Crippen LogP contribution in [-0.4, -0.2) is 41.0 Å². The van der Waals surface area contributed by atoms with E-state index < -0.39 is 11.5 Å². The molecule has 0 spiro atoms. The lowest BCUT2D eigenvalue weighted by Crippen LogP contribution is -2.58. The molecule has 1 aliphatic heterocycles. The van der Waals surface area contributed by atoms with Gasteiger partial charge in [0.1, 0.15) is 5.54 Å². The lowest BCUT2D eigenvalue weighted by Gasteiger charge is -2.34. The van der Waals surface area contributed by atoms with E-state index in [2.05, 4.69) is 21.2 Å². The van der Waals surface area contributed by atoms with Crippen LogP contribution < -0.4 is 5.32 Å². The molecule has 120 valence electrons. The molecule has 2 N–H and O–H groups in total. The molecule has 22 heavy (non-hydrogen) atoms. The largest absolute Gasteiger partial charge is 0.480 e. The molecule has 7 heteroatoms. The van der Waals surface area contributed by atoms with Crippen molar-refractivity contribution in [3.8, 4) is 0 Å². The average molecular weight is 388 g/mol. The van der Waals surface area contributed by atoms with Crippen molar-refractivity contribution in [1.29, 1.82) is 0 Å². The van der Waals surface area contributed by atoms with Crippen LogP contribution in [0, 0.1) is 0 Å². The summed E-state index contributed by atoms with van der Waals surface area (Å²) in [5.41, 5.74) is -1.20. The number of thioether (sulfide) groups is 1. The van der Waals surface area contributed by atoms with E-state index in [1.54, 1.807) is 6.92 Å². The summed E-state index contributed by atoms with van der Waals surface area (Å²) >= 11 is 4.77. The number of hydrogen-bond acceptors (Lipinski definition) is 4. The third kappa shape index (κ3) is 4.24. The molecule has 1 fully saturated rings. The summed E-state index contributed by atoms with van der Waals surface area (Å²) in [6, 6.07) is 7.65. The van der Waals surface area contributed by atoms with Gasteiger partial charge in [0.25, 0.3) is 0 Å². The van der Waals surface area contributed by atoms with Crippen molar-refractivity contribution in [2.75, 3.05) is 13.2 Å². The molecule has 1 atom stereocenters. The summed E-state index contributed by atoms with van der Waals surface area (Å²) in [4.78, 5) is 24.9. The second-order valence-electron chi connectivity index (χ2n) is 5.20. The number of aliphatic carboxylic acids is 1. The van der Waals surface area contributed by atoms with Crippen molar-refractivity contribution in [2.24, 2.45) is 0 Å². The monoisotopic (exact) mass is 387 g/mol. The Bertz CT molecular complexity index is 543. The predicted octanol–water partition coefficient (Wildman–Crippen LogP) is 2.68. The normalized spacial score (nSPS) is 18.5. The highest BCUT2D eigenvalue weighted by atomic mass is 79.9. The third-order valence-corrected chi connectivity index (χ3v) is 5.25. The fraction of sp³-hybridized carbons (Fsp3) is 0.467. The van der Waals surface area contributed by atoms with Gasteiger partial charge in [-0.05, 0) is 31.2 Å². The molecular formula is C15H18BrNO4S. The number of rotatable bonds is 5. The number of ether oxygens (including phenoxy) is 1. The summed E-state index contributed by atoms with van der Waals surface area (Å²) in [6.45, 7) is 2.47. The quantitative estimate of drug-likeness (QED) is 0.759. The molecule has 0 radical (unpaired) electrons. The van der Waals surface area contributed by atoms with Crippen LogP contribution in [0.2, 0.25) is 0 Å². The first-order valence-corrected chi connectivity index (χ1v) is 8.66. The Morgan fingerprint density at radius 1 is 1.32 bits per heavy atom. The molecule has 1 aromatic carbocycles. The van der Waals surface area contributed by atoms with Crippen LogP contribution in [0.4, 0.5) is 0 Å². The summed E-state index contributed by atoms with van der Waals surface area (Å²) in [5, 5.41) is 11.8. The molecule has 1 aliphatic rings. The predicted molar refractivity (Wildman–Crippen MR) is 88.0 cm³/mol. The van der Waals surface area contributed by atoms with E-state index in [1.165, 1.54) is 11.8 Å². The van der Waals surface area contributed by atoms with Crippen LogP contribution in [0.3, 0.4) is 0 Å². The minimum atomic E-state index is -1.20. The lowest BCUT2D eigenvalue weighted by atomic mass is 9.90. The fourth-order valence-electron chi connectivity index (χ4n) is 2.22. The highest BCUT2D eigenvalue weighted by Gasteiger charge is 2.42. The van der Waals surface area contributed by atoms with E-state index in [0.29, 0.717) is 26.1 Å². The minimum Gasteiger partial charge on any atom is -0.480 e. The second-order valence-corrected chi connectivity index (χ2v) is 7.53. The van der Waals surface area contributed by atoms with E-state index in [9.17, 15) is 14.7 Å². The van der Waals surface area contributed by atoms with Gasteiger partial charge in [0, 0.05) is 35.4 Å². The summed E-state index contributed by atoms with van der Waals surface area (Å²) in [7, 11) is 0. The maximum absolute atomic E-state index is 12.3. The Balaban J connectivity index is 2.00. The molecule has 1 amide bonds. The first-order chi connectivity index (χ1) is 10.4. The van der Waals surface area contributed by atoms with Gasteiger partial charge in [-0.2, -0.15) is 0 Å². The van der Waals surface area contributed by atoms with Crippen molar-refractivity contribution >= 4 is 39.6 Å². The molecule has 0 aromatic heterocycles. The maximum atomic E-state index is 12.3. The molecule has 5 nitrogen and oxygen atoms in total. The Morgan fingerprint density at radius 3 is 2.45 bits per heavy atom. The van der Waals surface area contributed by atoms with Crippen molar-refractivity contribution < 1.29 is 19.4 Å². The second kappa shape index (κ2) is 7.48. The molecule has 0 bridgehead atoms. The number of nitrogens with one attached hydrogen (secondary N) is 1. The standard InChI is InChI=1S/C15H18BrNO4S/c1-10(22-12-4-2-11(16)3-5-12)13(18)17-15(14(19)20)6-8-21-9-7-15/h2-5,10H,6-9H2,1H3,(H,17,18)(H,19,20). The number of amides is 1. The van der Waals surface area contributed by atoms with Crippen molar-refractivity contribution in [1.82, 2.24) is 5.32 Å². The van der Waals surface area contributed by atoms with Gasteiger partial charge < -0.3 is 15.2 Å². The van der Waals surface area contributed by atoms with Gasteiger partial charge in [-0.1, -0.05) is 15.9 Å². The third-order valence-electron chi connectivity index (χ3n) is 3.61. The number of benzene rings is 1. The Labute approximate surface area is 141 Å². The van der Waals surface area contributed by atoms with Crippen LogP contribution in [0.15, 0.2) is 33.6 Å². The van der Waals surface area contributed by atoms with Gasteiger partial charge in [0.15, 0.2) is 0 Å². The van der Waals surface area contributed by atoms with Crippen molar-refractivity contribution in [3.05, 3.63) is 28.7 Å². The zero-order valence-corrected chi connectivity index (χ0v) is 14.6. The maximum Gasteiger partial charge on any atom is 0.329 e. The molecule has 1 aromatic rings. The molecule has 1 heterocycles. The lowest BCUT2D eigenvalue weighted by molar-refractivity contribution is -0.152. The fourth-order valence-corrected chi connectivity index (χ4v) is 3.35. The number of carbonyl (C=O) groups is 2. The number of carboxylic acids is 1. The zero-order valence-electron chi connectivity index (χ0n) is 12.2. The minimum absolute atomic E-state index is 0.266. The van der Waals surface area contributed by atoms with Crippen LogP contribution >= 0.6 is 27.7 Å². The molecule has 0 aliphatic carbocycles. The van der Waals surface area contributed by atoms with Crippen LogP contribution in [0.25, 0.3) is 0 Å². The van der Waals surface area contributed by atoms with E-state index in [0.717, 1.165) is 9.37 Å². The molecule has 0 saturated carbocycles. The van der Waals surface area contributed by atoms with E-state index in [-0.39, 0.29) is 11.2 Å². The summed E-state index contributed by atoms with van der Waals surface area (Å²) in [6.07, 6.45) is 0.591. The van der Waals surface area contributed by atoms with E-state index in [1.807, 2.05) is 24.3 Å². The molecule has 1 saturated heterocycles. The van der Waals surface area contributed by atoms with Gasteiger partial charge >= 0.3 is 5.97 Å². The van der Waals surface area contributed by atoms with Gasteiger partial charge in [0.05, 0.1) is 5.25 Å². The van der Waals surface area contributed by atoms with E-state index in [4.69, 9.17) is 4.74 Å². The van der Waals surface area contributed by atoms with Crippen molar-refractivity contribution in [3.63, 3.8) is 0 Å². The number of halogens is 1. The Kier molecular flexibility index (Phi) is 5.88. The number of carboxylic acid groups (broad SMARTS) is 1. The molecular weight excluding hydrogens is 370 g/mol. The highest BCUT2D eigenvalue weighted by Crippen LogP contribution is 2.27. The van der Waals surface area contributed by atoms with Crippen LogP contribution in [-0.2, 0) is 14.3 Å². The van der Waals surface area contributed by atoms with Crippen LogP contribution in [0.1, 0.15) is 19.8 Å². The van der Waals surface area contributed by atoms with Gasteiger partial charge in [-0.15, -0.1) is 11.8 Å². The highest BCUT2D eigenvalue weighted by molar-refractivity contribution is 9.10. The average Bonchev–Trinajstić information content (AvgIpc) is 2.50. The zero-order chi connectivity index (χ0) is 16.2. The topological polar surface area (TPSA) is 75.6 Å². The smallest absolute Gasteiger partial charge is 0.329 e. The summed E-state index contributed by atoms with van der Waals surface area (Å²) < 4.78 is 6.17. The van der Waals surface area contributed by atoms with Gasteiger partial charge in [-0.3, -0.25) is 4.79 Å². The van der Waals surface area contributed by atoms with Crippen LogP contribution in [0.5, 0.6) is 0 Å². The van der Waals surface area contributed by atoms with Gasteiger partial charge in [0.2, 0.25) is 5.91 Å². The number of hydrogen-bond donors (Lipinski definition) is 2. The SMILES string of the molecule is CC(Sc1ccc(Br)cc1)C(=O)NC1(C(=O)O)CCOCC1. The van der Waals surface area contributed by atoms with Crippen molar-refractivity contribution in [2.45, 2.75) is 35.4 Å².